The molecule has 4 heteroatoms. The largest absolute Gasteiger partial charge is 0.308 e. The van der Waals surface area contributed by atoms with Gasteiger partial charge in [0.05, 0.1) is 12.7 Å². The van der Waals surface area contributed by atoms with Crippen molar-refractivity contribution < 1.29 is 4.39 Å². The van der Waals surface area contributed by atoms with Gasteiger partial charge in [0.1, 0.15) is 5.82 Å². The molecule has 0 aliphatic rings. The molecule has 3 nitrogen and oxygen atoms in total. The zero-order valence-corrected chi connectivity index (χ0v) is 11.7. The molecule has 1 heterocycles. The normalized spacial score (nSPS) is 11.8. The van der Waals surface area contributed by atoms with Crippen LogP contribution in [0.4, 0.5) is 4.39 Å². The molecule has 0 aliphatic heterocycles. The zero-order valence-electron chi connectivity index (χ0n) is 11.7. The molecule has 2 rings (SSSR count). The maximum Gasteiger partial charge on any atom is 0.128 e. The lowest BCUT2D eigenvalue weighted by atomic mass is 10.1. The Kier molecular flexibility index (Phi) is 4.00. The summed E-state index contributed by atoms with van der Waals surface area (Å²) in [4.78, 5) is 0. The number of hydrogen-bond acceptors (Lipinski definition) is 2. The van der Waals surface area contributed by atoms with Crippen molar-refractivity contribution in [2.24, 2.45) is 0 Å². The number of benzene rings is 1. The summed E-state index contributed by atoms with van der Waals surface area (Å²) in [6.45, 7) is 7.59. The first-order valence-corrected chi connectivity index (χ1v) is 6.44. The third-order valence-electron chi connectivity index (χ3n) is 2.80. The van der Waals surface area contributed by atoms with Gasteiger partial charge in [0, 0.05) is 29.4 Å². The van der Waals surface area contributed by atoms with E-state index in [9.17, 15) is 4.39 Å². The summed E-state index contributed by atoms with van der Waals surface area (Å²) in [5, 5.41) is 7.66. The second kappa shape index (κ2) is 5.53. The molecular weight excluding hydrogens is 241 g/mol. The van der Waals surface area contributed by atoms with Gasteiger partial charge in [0.25, 0.3) is 0 Å². The molecule has 0 atom stereocenters. The van der Waals surface area contributed by atoms with E-state index in [1.807, 2.05) is 18.5 Å². The van der Waals surface area contributed by atoms with Gasteiger partial charge < -0.3 is 5.32 Å². The topological polar surface area (TPSA) is 29.9 Å². The zero-order chi connectivity index (χ0) is 13.9. The van der Waals surface area contributed by atoms with Gasteiger partial charge in [-0.25, -0.2) is 4.39 Å². The molecular formula is C15H20FN3. The fourth-order valence-corrected chi connectivity index (χ4v) is 1.75. The average Bonchev–Trinajstić information content (AvgIpc) is 2.77. The number of halogens is 1. The van der Waals surface area contributed by atoms with E-state index in [2.05, 4.69) is 31.2 Å². The van der Waals surface area contributed by atoms with Gasteiger partial charge in [0.2, 0.25) is 0 Å². The van der Waals surface area contributed by atoms with Crippen molar-refractivity contribution in [3.8, 4) is 0 Å². The van der Waals surface area contributed by atoms with Crippen LogP contribution in [0.25, 0.3) is 0 Å². The monoisotopic (exact) mass is 261 g/mol. The van der Waals surface area contributed by atoms with Gasteiger partial charge in [0.15, 0.2) is 0 Å². The first kappa shape index (κ1) is 13.7. The fourth-order valence-electron chi connectivity index (χ4n) is 1.75. The molecule has 102 valence electrons. The predicted molar refractivity (Wildman–Crippen MR) is 74.3 cm³/mol. The summed E-state index contributed by atoms with van der Waals surface area (Å²) < 4.78 is 15.3. The van der Waals surface area contributed by atoms with Crippen LogP contribution in [0, 0.1) is 5.82 Å². The van der Waals surface area contributed by atoms with Gasteiger partial charge >= 0.3 is 0 Å². The Balaban J connectivity index is 2.00. The van der Waals surface area contributed by atoms with Crippen LogP contribution < -0.4 is 5.32 Å². The second-order valence-electron chi connectivity index (χ2n) is 5.74. The standard InChI is InChI=1S/C15H20FN3/c1-15(2,3)17-8-12-9-18-19(10-12)11-13-6-4-5-7-14(13)16/h4-7,9-10,17H,8,11H2,1-3H3. The summed E-state index contributed by atoms with van der Waals surface area (Å²) in [5.41, 5.74) is 1.83. The Bertz CT molecular complexity index is 540. The van der Waals surface area contributed by atoms with E-state index in [4.69, 9.17) is 0 Å². The molecule has 0 radical (unpaired) electrons. The number of nitrogens with zero attached hydrogens (tertiary/aromatic N) is 2. The first-order chi connectivity index (χ1) is 8.94. The van der Waals surface area contributed by atoms with Crippen LogP contribution in [0.5, 0.6) is 0 Å². The van der Waals surface area contributed by atoms with Gasteiger partial charge in [-0.3, -0.25) is 4.68 Å². The van der Waals surface area contributed by atoms with Crippen molar-refractivity contribution in [1.29, 1.82) is 0 Å². The smallest absolute Gasteiger partial charge is 0.128 e. The van der Waals surface area contributed by atoms with Crippen LogP contribution in [0.3, 0.4) is 0 Å². The molecule has 0 saturated heterocycles. The average molecular weight is 261 g/mol. The minimum Gasteiger partial charge on any atom is -0.308 e. The highest BCUT2D eigenvalue weighted by molar-refractivity contribution is 5.18. The predicted octanol–water partition coefficient (Wildman–Crippen LogP) is 2.96. The van der Waals surface area contributed by atoms with E-state index >= 15 is 0 Å². The Morgan fingerprint density at radius 1 is 1.26 bits per heavy atom. The third-order valence-corrected chi connectivity index (χ3v) is 2.80. The van der Waals surface area contributed by atoms with E-state index in [0.29, 0.717) is 12.1 Å². The minimum atomic E-state index is -0.188. The molecule has 0 amide bonds. The molecule has 0 aliphatic carbocycles. The number of aromatic nitrogens is 2. The van der Waals surface area contributed by atoms with E-state index in [1.54, 1.807) is 16.8 Å². The number of rotatable bonds is 4. The van der Waals surface area contributed by atoms with Crippen molar-refractivity contribution in [3.63, 3.8) is 0 Å². The van der Waals surface area contributed by atoms with Crippen LogP contribution in [0.15, 0.2) is 36.7 Å². The Morgan fingerprint density at radius 3 is 2.68 bits per heavy atom. The van der Waals surface area contributed by atoms with E-state index < -0.39 is 0 Å². The lowest BCUT2D eigenvalue weighted by Crippen LogP contribution is -2.34. The van der Waals surface area contributed by atoms with Crippen LogP contribution in [0.2, 0.25) is 0 Å². The van der Waals surface area contributed by atoms with Crippen molar-refractivity contribution in [3.05, 3.63) is 53.6 Å². The van der Waals surface area contributed by atoms with Crippen molar-refractivity contribution >= 4 is 0 Å². The molecule has 0 unspecified atom stereocenters. The lowest BCUT2D eigenvalue weighted by molar-refractivity contribution is 0.424. The number of nitrogens with one attached hydrogen (secondary N) is 1. The molecule has 1 aromatic carbocycles. The van der Waals surface area contributed by atoms with Crippen LogP contribution >= 0.6 is 0 Å². The molecule has 2 aromatic rings. The van der Waals surface area contributed by atoms with E-state index in [0.717, 1.165) is 12.1 Å². The second-order valence-corrected chi connectivity index (χ2v) is 5.74. The maximum absolute atomic E-state index is 13.5. The molecule has 1 N–H and O–H groups in total. The SMILES string of the molecule is CC(C)(C)NCc1cnn(Cc2ccccc2F)c1. The molecule has 1 aromatic heterocycles. The summed E-state index contributed by atoms with van der Waals surface area (Å²) in [5.74, 6) is -0.188. The first-order valence-electron chi connectivity index (χ1n) is 6.44. The molecule has 0 fully saturated rings. The van der Waals surface area contributed by atoms with Gasteiger partial charge in [-0.2, -0.15) is 5.10 Å². The van der Waals surface area contributed by atoms with Crippen molar-refractivity contribution in [1.82, 2.24) is 15.1 Å². The minimum absolute atomic E-state index is 0.0770. The van der Waals surface area contributed by atoms with Crippen LogP contribution in [-0.4, -0.2) is 15.3 Å². The Labute approximate surface area is 113 Å². The Hall–Kier alpha value is -1.68. The highest BCUT2D eigenvalue weighted by Crippen LogP contribution is 2.09. The quantitative estimate of drug-likeness (QED) is 0.917. The number of hydrogen-bond donors (Lipinski definition) is 1. The van der Waals surface area contributed by atoms with Gasteiger partial charge in [-0.1, -0.05) is 18.2 Å². The summed E-state index contributed by atoms with van der Waals surface area (Å²) >= 11 is 0. The van der Waals surface area contributed by atoms with Gasteiger partial charge in [-0.15, -0.1) is 0 Å². The summed E-state index contributed by atoms with van der Waals surface area (Å²) in [7, 11) is 0. The molecule has 0 spiro atoms. The molecule has 0 saturated carbocycles. The third kappa shape index (κ3) is 4.17. The summed E-state index contributed by atoms with van der Waals surface area (Å²) in [6.07, 6.45) is 3.77. The highest BCUT2D eigenvalue weighted by Gasteiger charge is 2.09. The van der Waals surface area contributed by atoms with E-state index in [1.165, 1.54) is 6.07 Å². The lowest BCUT2D eigenvalue weighted by Gasteiger charge is -2.19. The van der Waals surface area contributed by atoms with Crippen molar-refractivity contribution in [2.45, 2.75) is 39.4 Å². The molecule has 0 bridgehead atoms. The van der Waals surface area contributed by atoms with Crippen molar-refractivity contribution in [2.75, 3.05) is 0 Å². The van der Waals surface area contributed by atoms with E-state index in [-0.39, 0.29) is 11.4 Å². The highest BCUT2D eigenvalue weighted by atomic mass is 19.1. The summed E-state index contributed by atoms with van der Waals surface area (Å²) in [6, 6.07) is 6.79. The van der Waals surface area contributed by atoms with Crippen LogP contribution in [0.1, 0.15) is 31.9 Å². The Morgan fingerprint density at radius 2 is 2.00 bits per heavy atom. The van der Waals surface area contributed by atoms with Gasteiger partial charge in [-0.05, 0) is 26.8 Å². The maximum atomic E-state index is 13.5. The molecule has 19 heavy (non-hydrogen) atoms. The van der Waals surface area contributed by atoms with Crippen LogP contribution in [-0.2, 0) is 13.1 Å². The fraction of sp³-hybridized carbons (Fsp3) is 0.400.